The second-order valence-corrected chi connectivity index (χ2v) is 6.64. The van der Waals surface area contributed by atoms with Crippen molar-refractivity contribution in [2.24, 2.45) is 0 Å². The smallest absolute Gasteiger partial charge is 0.255 e. The molecule has 2 heterocycles. The first-order valence-electron chi connectivity index (χ1n) is 9.00. The second-order valence-electron chi connectivity index (χ2n) is 6.64. The van der Waals surface area contributed by atoms with Crippen LogP contribution in [0, 0.1) is 0 Å². The Hall–Kier alpha value is -2.44. The molecule has 1 aliphatic heterocycles. The van der Waals surface area contributed by atoms with Crippen molar-refractivity contribution in [3.8, 4) is 11.5 Å². The normalized spacial score (nSPS) is 19.4. The van der Waals surface area contributed by atoms with Crippen LogP contribution in [0.5, 0.6) is 11.5 Å². The van der Waals surface area contributed by atoms with Gasteiger partial charge in [-0.2, -0.15) is 0 Å². The van der Waals surface area contributed by atoms with Gasteiger partial charge in [0, 0.05) is 25.1 Å². The number of ether oxygens (including phenoxy) is 3. The zero-order chi connectivity index (χ0) is 17.8. The zero-order valence-corrected chi connectivity index (χ0v) is 14.5. The molecule has 6 nitrogen and oxygen atoms in total. The Bertz CT molecular complexity index is 749. The van der Waals surface area contributed by atoms with Gasteiger partial charge in [0.15, 0.2) is 5.79 Å². The average molecular weight is 354 g/mol. The number of rotatable bonds is 4. The molecule has 2 aliphatic rings. The number of carbonyl (C=O) groups is 1. The van der Waals surface area contributed by atoms with Crippen molar-refractivity contribution < 1.29 is 19.0 Å². The Morgan fingerprint density at radius 2 is 1.88 bits per heavy atom. The van der Waals surface area contributed by atoms with Crippen LogP contribution < -0.4 is 10.1 Å². The maximum atomic E-state index is 12.8. The van der Waals surface area contributed by atoms with Crippen LogP contribution in [0.1, 0.15) is 36.0 Å². The molecule has 1 spiro atoms. The predicted octanol–water partition coefficient (Wildman–Crippen LogP) is 3.29. The third-order valence-electron chi connectivity index (χ3n) is 4.89. The predicted molar refractivity (Wildman–Crippen MR) is 95.1 cm³/mol. The lowest BCUT2D eigenvalue weighted by Crippen LogP contribution is -2.44. The van der Waals surface area contributed by atoms with Crippen molar-refractivity contribution in [3.05, 3.63) is 54.4 Å². The van der Waals surface area contributed by atoms with Crippen LogP contribution in [0.3, 0.4) is 0 Å². The van der Waals surface area contributed by atoms with Crippen LogP contribution in [0.4, 0.5) is 0 Å². The standard InChI is InChI=1S/C20H22N2O4/c23-19(22-15-7-9-20(10-8-15)24-12-13-25-20)17-5-1-2-6-18(17)26-16-4-3-11-21-14-16/h1-6,11,14-15H,7-10,12-13H2,(H,22,23). The van der Waals surface area contributed by atoms with E-state index in [1.54, 1.807) is 30.6 Å². The fourth-order valence-electron chi connectivity index (χ4n) is 3.53. The molecule has 1 aliphatic carbocycles. The minimum Gasteiger partial charge on any atom is -0.455 e. The number of amides is 1. The molecule has 0 unspecified atom stereocenters. The quantitative estimate of drug-likeness (QED) is 0.912. The molecule has 2 fully saturated rings. The summed E-state index contributed by atoms with van der Waals surface area (Å²) >= 11 is 0. The summed E-state index contributed by atoms with van der Waals surface area (Å²) in [4.78, 5) is 16.8. The first-order chi connectivity index (χ1) is 12.7. The van der Waals surface area contributed by atoms with Gasteiger partial charge in [-0.15, -0.1) is 0 Å². The zero-order valence-electron chi connectivity index (χ0n) is 14.5. The highest BCUT2D eigenvalue weighted by molar-refractivity contribution is 5.97. The number of benzene rings is 1. The Morgan fingerprint density at radius 1 is 1.12 bits per heavy atom. The van der Waals surface area contributed by atoms with Gasteiger partial charge in [0.2, 0.25) is 0 Å². The lowest BCUT2D eigenvalue weighted by molar-refractivity contribution is -0.179. The number of nitrogens with one attached hydrogen (secondary N) is 1. The van der Waals surface area contributed by atoms with E-state index in [0.29, 0.717) is 30.3 Å². The number of pyridine rings is 1. The van der Waals surface area contributed by atoms with Crippen molar-refractivity contribution in [1.29, 1.82) is 0 Å². The lowest BCUT2D eigenvalue weighted by Gasteiger charge is -2.35. The van der Waals surface area contributed by atoms with Crippen LogP contribution in [-0.4, -0.2) is 35.9 Å². The Morgan fingerprint density at radius 3 is 2.62 bits per heavy atom. The van der Waals surface area contributed by atoms with Crippen molar-refractivity contribution in [2.45, 2.75) is 37.5 Å². The van der Waals surface area contributed by atoms with E-state index in [0.717, 1.165) is 25.7 Å². The van der Waals surface area contributed by atoms with E-state index >= 15 is 0 Å². The molecule has 0 bridgehead atoms. The van der Waals surface area contributed by atoms with Crippen molar-refractivity contribution >= 4 is 5.91 Å². The van der Waals surface area contributed by atoms with Gasteiger partial charge in [0.25, 0.3) is 5.91 Å². The maximum Gasteiger partial charge on any atom is 0.255 e. The van der Waals surface area contributed by atoms with Crippen molar-refractivity contribution in [3.63, 3.8) is 0 Å². The maximum absolute atomic E-state index is 12.8. The number of para-hydroxylation sites is 1. The van der Waals surface area contributed by atoms with E-state index in [1.807, 2.05) is 18.2 Å². The van der Waals surface area contributed by atoms with Gasteiger partial charge in [-0.3, -0.25) is 9.78 Å². The third kappa shape index (κ3) is 3.71. The van der Waals surface area contributed by atoms with Crippen LogP contribution in [0.15, 0.2) is 48.8 Å². The first-order valence-corrected chi connectivity index (χ1v) is 9.00. The first kappa shape index (κ1) is 17.0. The third-order valence-corrected chi connectivity index (χ3v) is 4.89. The van der Waals surface area contributed by atoms with Crippen LogP contribution in [0.2, 0.25) is 0 Å². The summed E-state index contributed by atoms with van der Waals surface area (Å²) in [6.45, 7) is 1.33. The molecule has 1 amide bonds. The van der Waals surface area contributed by atoms with E-state index < -0.39 is 5.79 Å². The largest absolute Gasteiger partial charge is 0.455 e. The number of carbonyl (C=O) groups excluding carboxylic acids is 1. The molecule has 6 heteroatoms. The number of hydrogen-bond acceptors (Lipinski definition) is 5. The SMILES string of the molecule is O=C(NC1CCC2(CC1)OCCO2)c1ccccc1Oc1cccnc1. The Labute approximate surface area is 152 Å². The highest BCUT2D eigenvalue weighted by Crippen LogP contribution is 2.36. The van der Waals surface area contributed by atoms with Crippen molar-refractivity contribution in [2.75, 3.05) is 13.2 Å². The fourth-order valence-corrected chi connectivity index (χ4v) is 3.53. The molecule has 1 N–H and O–H groups in total. The number of nitrogens with zero attached hydrogens (tertiary/aromatic N) is 1. The van der Waals surface area contributed by atoms with E-state index in [-0.39, 0.29) is 11.9 Å². The summed E-state index contributed by atoms with van der Waals surface area (Å²) < 4.78 is 17.3. The van der Waals surface area contributed by atoms with Gasteiger partial charge in [-0.25, -0.2) is 0 Å². The van der Waals surface area contributed by atoms with Gasteiger partial charge in [0.1, 0.15) is 11.5 Å². The second kappa shape index (κ2) is 7.43. The molecule has 1 saturated heterocycles. The minimum atomic E-state index is -0.414. The molecular weight excluding hydrogens is 332 g/mol. The average Bonchev–Trinajstić information content (AvgIpc) is 3.13. The summed E-state index contributed by atoms with van der Waals surface area (Å²) in [7, 11) is 0. The molecule has 26 heavy (non-hydrogen) atoms. The fraction of sp³-hybridized carbons (Fsp3) is 0.400. The summed E-state index contributed by atoms with van der Waals surface area (Å²) in [6.07, 6.45) is 6.61. The van der Waals surface area contributed by atoms with Gasteiger partial charge in [-0.05, 0) is 37.1 Å². The van der Waals surface area contributed by atoms with Crippen LogP contribution in [-0.2, 0) is 9.47 Å². The summed E-state index contributed by atoms with van der Waals surface area (Å²) in [5, 5.41) is 3.12. The summed E-state index contributed by atoms with van der Waals surface area (Å²) in [5.74, 6) is 0.581. The summed E-state index contributed by atoms with van der Waals surface area (Å²) in [6, 6.07) is 11.0. The monoisotopic (exact) mass is 354 g/mol. The van der Waals surface area contributed by atoms with Gasteiger partial charge >= 0.3 is 0 Å². The van der Waals surface area contributed by atoms with Crippen molar-refractivity contribution in [1.82, 2.24) is 10.3 Å². The molecule has 1 aromatic heterocycles. The molecule has 4 rings (SSSR count). The molecule has 0 atom stereocenters. The van der Waals surface area contributed by atoms with Crippen LogP contribution >= 0.6 is 0 Å². The molecule has 1 saturated carbocycles. The molecule has 136 valence electrons. The lowest BCUT2D eigenvalue weighted by atomic mass is 9.90. The van der Waals surface area contributed by atoms with Gasteiger partial charge in [-0.1, -0.05) is 12.1 Å². The molecule has 0 radical (unpaired) electrons. The Balaban J connectivity index is 1.41. The Kier molecular flexibility index (Phi) is 4.86. The van der Waals surface area contributed by atoms with E-state index in [4.69, 9.17) is 14.2 Å². The molecule has 1 aromatic carbocycles. The molecular formula is C20H22N2O4. The molecule has 2 aromatic rings. The van der Waals surface area contributed by atoms with Crippen LogP contribution in [0.25, 0.3) is 0 Å². The minimum absolute atomic E-state index is 0.118. The number of hydrogen-bond donors (Lipinski definition) is 1. The van der Waals surface area contributed by atoms with E-state index in [9.17, 15) is 4.79 Å². The highest BCUT2D eigenvalue weighted by Gasteiger charge is 2.40. The van der Waals surface area contributed by atoms with E-state index in [1.165, 1.54) is 0 Å². The topological polar surface area (TPSA) is 69.7 Å². The number of aromatic nitrogens is 1. The van der Waals surface area contributed by atoms with Gasteiger partial charge < -0.3 is 19.5 Å². The van der Waals surface area contributed by atoms with E-state index in [2.05, 4.69) is 10.3 Å². The highest BCUT2D eigenvalue weighted by atomic mass is 16.7. The summed E-state index contributed by atoms with van der Waals surface area (Å²) in [5.41, 5.74) is 0.519. The van der Waals surface area contributed by atoms with Gasteiger partial charge in [0.05, 0.1) is 25.0 Å².